The van der Waals surface area contributed by atoms with Crippen LogP contribution >= 0.6 is 0 Å². The van der Waals surface area contributed by atoms with Crippen molar-refractivity contribution in [3.05, 3.63) is 11.7 Å². The quantitative estimate of drug-likeness (QED) is 0.847. The average molecular weight is 239 g/mol. The molecule has 1 N–H and O–H groups in total. The van der Waals surface area contributed by atoms with Crippen molar-refractivity contribution in [2.45, 2.75) is 44.6 Å². The van der Waals surface area contributed by atoms with E-state index in [1.54, 1.807) is 0 Å². The smallest absolute Gasteiger partial charge is 0.231 e. The number of rotatable bonds is 5. The van der Waals surface area contributed by atoms with Crippen molar-refractivity contribution < 1.29 is 9.26 Å². The van der Waals surface area contributed by atoms with Crippen molar-refractivity contribution in [1.29, 1.82) is 0 Å². The van der Waals surface area contributed by atoms with Gasteiger partial charge in [0.25, 0.3) is 0 Å². The summed E-state index contributed by atoms with van der Waals surface area (Å²) < 4.78 is 10.7. The Hall–Kier alpha value is -0.940. The Labute approximate surface area is 102 Å². The molecule has 1 fully saturated rings. The zero-order valence-corrected chi connectivity index (χ0v) is 10.8. The topological polar surface area (TPSA) is 60.2 Å². The van der Waals surface area contributed by atoms with Gasteiger partial charge in [0.15, 0.2) is 5.82 Å². The minimum atomic E-state index is 0.244. The van der Waals surface area contributed by atoms with Crippen LogP contribution in [0.2, 0.25) is 0 Å². The Kier molecular flexibility index (Phi) is 4.12. The predicted octanol–water partition coefficient (Wildman–Crippen LogP) is 1.67. The maximum atomic E-state index is 5.37. The van der Waals surface area contributed by atoms with E-state index < -0.39 is 0 Å². The van der Waals surface area contributed by atoms with Crippen molar-refractivity contribution in [2.75, 3.05) is 20.3 Å². The van der Waals surface area contributed by atoms with Gasteiger partial charge in [-0.15, -0.1) is 0 Å². The summed E-state index contributed by atoms with van der Waals surface area (Å²) in [6, 6.07) is 0.378. The minimum Gasteiger partial charge on any atom is -0.381 e. The molecule has 2 heterocycles. The first-order valence-corrected chi connectivity index (χ1v) is 6.34. The van der Waals surface area contributed by atoms with Gasteiger partial charge in [0, 0.05) is 18.6 Å². The number of likely N-dealkylation sites (N-methyl/N-ethyl adjacent to an activating group) is 1. The van der Waals surface area contributed by atoms with Crippen molar-refractivity contribution >= 4 is 0 Å². The highest BCUT2D eigenvalue weighted by Crippen LogP contribution is 2.25. The lowest BCUT2D eigenvalue weighted by molar-refractivity contribution is 0.192. The summed E-state index contributed by atoms with van der Waals surface area (Å²) >= 11 is 0. The fourth-order valence-electron chi connectivity index (χ4n) is 2.32. The second kappa shape index (κ2) is 5.60. The third-order valence-corrected chi connectivity index (χ3v) is 3.56. The van der Waals surface area contributed by atoms with Crippen LogP contribution in [0.25, 0.3) is 0 Å². The van der Waals surface area contributed by atoms with Crippen LogP contribution in [-0.4, -0.2) is 36.4 Å². The molecular weight excluding hydrogens is 218 g/mol. The van der Waals surface area contributed by atoms with Gasteiger partial charge in [-0.2, -0.15) is 4.98 Å². The summed E-state index contributed by atoms with van der Waals surface area (Å²) in [6.07, 6.45) is 2.04. The van der Waals surface area contributed by atoms with Gasteiger partial charge in [-0.25, -0.2) is 0 Å². The average Bonchev–Trinajstić information content (AvgIpc) is 3.01. The van der Waals surface area contributed by atoms with Gasteiger partial charge >= 0.3 is 0 Å². The molecule has 17 heavy (non-hydrogen) atoms. The summed E-state index contributed by atoms with van der Waals surface area (Å²) in [5, 5.41) is 7.35. The van der Waals surface area contributed by atoms with Crippen LogP contribution in [0, 0.1) is 0 Å². The fraction of sp³-hybridized carbons (Fsp3) is 0.833. The van der Waals surface area contributed by atoms with Crippen molar-refractivity contribution in [3.63, 3.8) is 0 Å². The van der Waals surface area contributed by atoms with Crippen molar-refractivity contribution in [1.82, 2.24) is 15.5 Å². The van der Waals surface area contributed by atoms with Gasteiger partial charge in [-0.1, -0.05) is 19.0 Å². The predicted molar refractivity (Wildman–Crippen MR) is 64.0 cm³/mol. The van der Waals surface area contributed by atoms with Crippen LogP contribution in [0.1, 0.15) is 50.2 Å². The zero-order valence-electron chi connectivity index (χ0n) is 10.8. The van der Waals surface area contributed by atoms with Crippen LogP contribution in [0.3, 0.4) is 0 Å². The Balaban J connectivity index is 2.06. The standard InChI is InChI=1S/C12H21N3O2/c1-4-10(13-3)8(2)12-14-11(15-17-12)9-5-6-16-7-9/h8-10,13H,4-7H2,1-3H3. The van der Waals surface area contributed by atoms with Crippen LogP contribution < -0.4 is 5.32 Å². The highest BCUT2D eigenvalue weighted by Gasteiger charge is 2.26. The number of ether oxygens (including phenoxy) is 1. The lowest BCUT2D eigenvalue weighted by Gasteiger charge is -2.18. The Morgan fingerprint density at radius 2 is 2.35 bits per heavy atom. The first-order chi connectivity index (χ1) is 8.26. The molecule has 0 radical (unpaired) electrons. The molecule has 0 bridgehead atoms. The molecule has 1 aliphatic heterocycles. The largest absolute Gasteiger partial charge is 0.381 e. The van der Waals surface area contributed by atoms with E-state index in [0.717, 1.165) is 37.8 Å². The number of nitrogens with zero attached hydrogens (tertiary/aromatic N) is 2. The number of aromatic nitrogens is 2. The molecule has 5 nitrogen and oxygen atoms in total. The monoisotopic (exact) mass is 239 g/mol. The summed E-state index contributed by atoms with van der Waals surface area (Å²) in [6.45, 7) is 5.79. The van der Waals surface area contributed by atoms with Crippen molar-refractivity contribution in [3.8, 4) is 0 Å². The van der Waals surface area contributed by atoms with Crippen LogP contribution in [0.15, 0.2) is 4.52 Å². The van der Waals surface area contributed by atoms with Crippen LogP contribution in [0.5, 0.6) is 0 Å². The number of nitrogens with one attached hydrogen (secondary N) is 1. The van der Waals surface area contributed by atoms with E-state index in [0.29, 0.717) is 12.0 Å². The lowest BCUT2D eigenvalue weighted by Crippen LogP contribution is -2.30. The Morgan fingerprint density at radius 1 is 1.53 bits per heavy atom. The minimum absolute atomic E-state index is 0.244. The molecule has 1 aliphatic rings. The molecule has 0 spiro atoms. The highest BCUT2D eigenvalue weighted by molar-refractivity contribution is 5.02. The molecule has 1 aromatic rings. The Morgan fingerprint density at radius 3 is 2.94 bits per heavy atom. The molecule has 1 aromatic heterocycles. The van der Waals surface area contributed by atoms with Crippen LogP contribution in [0.4, 0.5) is 0 Å². The van der Waals surface area contributed by atoms with Crippen molar-refractivity contribution in [2.24, 2.45) is 0 Å². The van der Waals surface area contributed by atoms with E-state index >= 15 is 0 Å². The van der Waals surface area contributed by atoms with Gasteiger partial charge in [0.1, 0.15) is 0 Å². The summed E-state index contributed by atoms with van der Waals surface area (Å²) in [4.78, 5) is 4.51. The second-order valence-electron chi connectivity index (χ2n) is 4.64. The molecular formula is C12H21N3O2. The second-order valence-corrected chi connectivity index (χ2v) is 4.64. The summed E-state index contributed by atoms with van der Waals surface area (Å²) in [7, 11) is 1.97. The van der Waals surface area contributed by atoms with E-state index in [1.165, 1.54) is 0 Å². The molecule has 96 valence electrons. The van der Waals surface area contributed by atoms with Gasteiger partial charge < -0.3 is 14.6 Å². The SMILES string of the molecule is CCC(NC)C(C)c1nc(C2CCOC2)no1. The van der Waals surface area contributed by atoms with Gasteiger partial charge in [0.05, 0.1) is 12.5 Å². The Bertz CT molecular complexity index is 343. The number of hydrogen-bond donors (Lipinski definition) is 1. The molecule has 0 amide bonds. The molecule has 0 saturated carbocycles. The highest BCUT2D eigenvalue weighted by atomic mass is 16.5. The van der Waals surface area contributed by atoms with E-state index in [4.69, 9.17) is 9.26 Å². The van der Waals surface area contributed by atoms with Gasteiger partial charge in [0.2, 0.25) is 5.89 Å². The van der Waals surface area contributed by atoms with Crippen LogP contribution in [-0.2, 0) is 4.74 Å². The maximum absolute atomic E-state index is 5.37. The third-order valence-electron chi connectivity index (χ3n) is 3.56. The van der Waals surface area contributed by atoms with E-state index in [-0.39, 0.29) is 5.92 Å². The van der Waals surface area contributed by atoms with Gasteiger partial charge in [-0.3, -0.25) is 0 Å². The lowest BCUT2D eigenvalue weighted by atomic mass is 10.00. The van der Waals surface area contributed by atoms with E-state index in [1.807, 2.05) is 7.05 Å². The fourth-order valence-corrected chi connectivity index (χ4v) is 2.32. The zero-order chi connectivity index (χ0) is 12.3. The van der Waals surface area contributed by atoms with E-state index in [9.17, 15) is 0 Å². The first kappa shape index (κ1) is 12.5. The molecule has 2 rings (SSSR count). The first-order valence-electron chi connectivity index (χ1n) is 6.34. The maximum Gasteiger partial charge on any atom is 0.231 e. The molecule has 0 aromatic carbocycles. The summed E-state index contributed by atoms with van der Waals surface area (Å²) in [5.41, 5.74) is 0. The van der Waals surface area contributed by atoms with Gasteiger partial charge in [-0.05, 0) is 19.9 Å². The molecule has 1 saturated heterocycles. The van der Waals surface area contributed by atoms with E-state index in [2.05, 4.69) is 29.3 Å². The molecule has 0 aliphatic carbocycles. The molecule has 3 unspecified atom stereocenters. The normalized spacial score (nSPS) is 23.8. The number of hydrogen-bond acceptors (Lipinski definition) is 5. The molecule has 3 atom stereocenters. The third kappa shape index (κ3) is 2.66. The molecule has 5 heteroatoms. The summed E-state index contributed by atoms with van der Waals surface area (Å²) in [5.74, 6) is 2.09.